The Balaban J connectivity index is 1.98. The van der Waals surface area contributed by atoms with Gasteiger partial charge in [-0.2, -0.15) is 0 Å². The van der Waals surface area contributed by atoms with Gasteiger partial charge in [0.1, 0.15) is 12.4 Å². The summed E-state index contributed by atoms with van der Waals surface area (Å²) in [5.74, 6) is 7.25. The monoisotopic (exact) mass is 271 g/mol. The van der Waals surface area contributed by atoms with Gasteiger partial charge in [0.15, 0.2) is 0 Å². The fraction of sp³-hybridized carbons (Fsp3) is 0.188. The van der Waals surface area contributed by atoms with Gasteiger partial charge in [0.05, 0.1) is 6.20 Å². The highest BCUT2D eigenvalue weighted by Gasteiger charge is 1.97. The van der Waals surface area contributed by atoms with Crippen molar-refractivity contribution in [2.75, 3.05) is 5.88 Å². The van der Waals surface area contributed by atoms with Gasteiger partial charge in [0.2, 0.25) is 0 Å². The van der Waals surface area contributed by atoms with E-state index >= 15 is 0 Å². The molecule has 0 aliphatic heterocycles. The van der Waals surface area contributed by atoms with Crippen molar-refractivity contribution in [3.05, 3.63) is 59.9 Å². The molecule has 0 spiro atoms. The van der Waals surface area contributed by atoms with Crippen molar-refractivity contribution >= 4 is 11.6 Å². The minimum absolute atomic E-state index is 0.529. The maximum atomic E-state index is 5.68. The number of alkyl halides is 1. The number of nitrogens with zero attached hydrogens (tertiary/aromatic N) is 1. The lowest BCUT2D eigenvalue weighted by Gasteiger charge is -2.05. The van der Waals surface area contributed by atoms with Crippen molar-refractivity contribution in [1.29, 1.82) is 0 Å². The second kappa shape index (κ2) is 7.45. The van der Waals surface area contributed by atoms with Gasteiger partial charge in [-0.15, -0.1) is 11.6 Å². The van der Waals surface area contributed by atoms with Crippen LogP contribution in [0.15, 0.2) is 48.8 Å². The summed E-state index contributed by atoms with van der Waals surface area (Å²) in [6.07, 6.45) is 4.09. The number of benzene rings is 1. The minimum atomic E-state index is 0.529. The van der Waals surface area contributed by atoms with E-state index in [1.54, 1.807) is 12.4 Å². The summed E-state index contributed by atoms with van der Waals surface area (Å²) in [7, 11) is 0. The summed E-state index contributed by atoms with van der Waals surface area (Å²) in [5, 5.41) is 0. The van der Waals surface area contributed by atoms with Gasteiger partial charge in [0.25, 0.3) is 0 Å². The predicted molar refractivity (Wildman–Crippen MR) is 77.2 cm³/mol. The van der Waals surface area contributed by atoms with Gasteiger partial charge in [-0.05, 0) is 11.6 Å². The average Bonchev–Trinajstić information content (AvgIpc) is 2.47. The summed E-state index contributed by atoms with van der Waals surface area (Å²) in [5.41, 5.74) is 1.97. The van der Waals surface area contributed by atoms with Gasteiger partial charge >= 0.3 is 0 Å². The fourth-order valence-electron chi connectivity index (χ4n) is 1.52. The Labute approximate surface area is 118 Å². The second-order valence-electron chi connectivity index (χ2n) is 3.92. The summed E-state index contributed by atoms with van der Waals surface area (Å²) >= 11 is 5.57. The molecule has 1 aromatic carbocycles. The molecular weight excluding hydrogens is 258 g/mol. The predicted octanol–water partition coefficient (Wildman–Crippen LogP) is 3.64. The van der Waals surface area contributed by atoms with Gasteiger partial charge in [-0.3, -0.25) is 4.98 Å². The van der Waals surface area contributed by atoms with Crippen LogP contribution in [0.2, 0.25) is 0 Å². The first kappa shape index (κ1) is 13.5. The summed E-state index contributed by atoms with van der Waals surface area (Å²) in [4.78, 5) is 4.12. The van der Waals surface area contributed by atoms with Crippen LogP contribution < -0.4 is 4.74 Å². The molecule has 0 aliphatic rings. The van der Waals surface area contributed by atoms with E-state index in [1.807, 2.05) is 36.4 Å². The molecule has 1 aromatic heterocycles. The number of hydrogen-bond acceptors (Lipinski definition) is 2. The molecule has 2 nitrogen and oxygen atoms in total. The van der Waals surface area contributed by atoms with Crippen molar-refractivity contribution in [3.63, 3.8) is 0 Å². The van der Waals surface area contributed by atoms with Crippen LogP contribution in [-0.4, -0.2) is 10.9 Å². The normalized spacial score (nSPS) is 9.53. The van der Waals surface area contributed by atoms with Crippen LogP contribution in [-0.2, 0) is 6.61 Å². The SMILES string of the molecule is ClCCC#Cc1cncc(OCc2ccccc2)c1. The molecule has 0 amide bonds. The van der Waals surface area contributed by atoms with Gasteiger partial charge in [-0.25, -0.2) is 0 Å². The Bertz CT molecular complexity index is 572. The summed E-state index contributed by atoms with van der Waals surface area (Å²) < 4.78 is 5.68. The number of pyridine rings is 1. The van der Waals surface area contributed by atoms with Crippen molar-refractivity contribution < 1.29 is 4.74 Å². The van der Waals surface area contributed by atoms with Crippen LogP contribution in [0.4, 0.5) is 0 Å². The molecule has 0 unspecified atom stereocenters. The lowest BCUT2D eigenvalue weighted by Crippen LogP contribution is -1.95. The topological polar surface area (TPSA) is 22.1 Å². The van der Waals surface area contributed by atoms with Crippen LogP contribution in [0, 0.1) is 11.8 Å². The quantitative estimate of drug-likeness (QED) is 0.626. The molecule has 96 valence electrons. The van der Waals surface area contributed by atoms with E-state index in [4.69, 9.17) is 16.3 Å². The van der Waals surface area contributed by atoms with Crippen LogP contribution in [0.5, 0.6) is 5.75 Å². The molecule has 0 fully saturated rings. The molecular formula is C16H14ClNO. The van der Waals surface area contributed by atoms with E-state index in [2.05, 4.69) is 16.8 Å². The lowest BCUT2D eigenvalue weighted by molar-refractivity contribution is 0.305. The molecule has 0 aliphatic carbocycles. The first-order valence-electron chi connectivity index (χ1n) is 6.05. The zero-order valence-electron chi connectivity index (χ0n) is 10.5. The number of aromatic nitrogens is 1. The Morgan fingerprint density at radius 3 is 2.79 bits per heavy atom. The number of rotatable bonds is 4. The third kappa shape index (κ3) is 4.65. The Hall–Kier alpha value is -1.98. The zero-order valence-corrected chi connectivity index (χ0v) is 11.2. The second-order valence-corrected chi connectivity index (χ2v) is 4.30. The molecule has 0 saturated carbocycles. The van der Waals surface area contributed by atoms with Crippen LogP contribution >= 0.6 is 11.6 Å². The third-order valence-corrected chi connectivity index (χ3v) is 2.60. The van der Waals surface area contributed by atoms with Crippen molar-refractivity contribution in [2.45, 2.75) is 13.0 Å². The van der Waals surface area contributed by atoms with E-state index in [0.29, 0.717) is 18.9 Å². The summed E-state index contributed by atoms with van der Waals surface area (Å²) in [6.45, 7) is 0.529. The van der Waals surface area contributed by atoms with E-state index in [1.165, 1.54) is 0 Å². The molecule has 1 heterocycles. The lowest BCUT2D eigenvalue weighted by atomic mass is 10.2. The van der Waals surface area contributed by atoms with E-state index < -0.39 is 0 Å². The Kier molecular flexibility index (Phi) is 5.28. The first-order valence-corrected chi connectivity index (χ1v) is 6.58. The largest absolute Gasteiger partial charge is 0.487 e. The van der Waals surface area contributed by atoms with Gasteiger partial charge < -0.3 is 4.74 Å². The Morgan fingerprint density at radius 2 is 2.00 bits per heavy atom. The van der Waals surface area contributed by atoms with Crippen LogP contribution in [0.3, 0.4) is 0 Å². The van der Waals surface area contributed by atoms with Crippen molar-refractivity contribution in [3.8, 4) is 17.6 Å². The smallest absolute Gasteiger partial charge is 0.139 e. The molecule has 3 heteroatoms. The molecule has 2 rings (SSSR count). The molecule has 0 atom stereocenters. The minimum Gasteiger partial charge on any atom is -0.487 e. The highest BCUT2D eigenvalue weighted by Crippen LogP contribution is 2.12. The van der Waals surface area contributed by atoms with E-state index in [-0.39, 0.29) is 0 Å². The number of hydrogen-bond donors (Lipinski definition) is 0. The number of ether oxygens (including phenoxy) is 1. The fourth-order valence-corrected chi connectivity index (χ4v) is 1.61. The van der Waals surface area contributed by atoms with Crippen LogP contribution in [0.25, 0.3) is 0 Å². The molecule has 0 radical (unpaired) electrons. The molecule has 0 bridgehead atoms. The van der Waals surface area contributed by atoms with Crippen molar-refractivity contribution in [2.24, 2.45) is 0 Å². The molecule has 0 saturated heterocycles. The highest BCUT2D eigenvalue weighted by molar-refractivity contribution is 6.18. The Morgan fingerprint density at radius 1 is 1.16 bits per heavy atom. The van der Waals surface area contributed by atoms with E-state index in [9.17, 15) is 0 Å². The molecule has 0 N–H and O–H groups in total. The maximum absolute atomic E-state index is 5.68. The maximum Gasteiger partial charge on any atom is 0.139 e. The van der Waals surface area contributed by atoms with Gasteiger partial charge in [0, 0.05) is 24.1 Å². The standard InChI is InChI=1S/C16H14ClNO/c17-9-5-4-8-15-10-16(12-18-11-15)19-13-14-6-2-1-3-7-14/h1-3,6-7,10-12H,5,9,13H2. The molecule has 2 aromatic rings. The summed E-state index contributed by atoms with van der Waals surface area (Å²) in [6, 6.07) is 11.9. The first-order chi connectivity index (χ1) is 9.38. The van der Waals surface area contributed by atoms with E-state index in [0.717, 1.165) is 16.9 Å². The highest BCUT2D eigenvalue weighted by atomic mass is 35.5. The van der Waals surface area contributed by atoms with Crippen molar-refractivity contribution in [1.82, 2.24) is 4.98 Å². The third-order valence-electron chi connectivity index (χ3n) is 2.41. The van der Waals surface area contributed by atoms with Gasteiger partial charge in [-0.1, -0.05) is 42.2 Å². The zero-order chi connectivity index (χ0) is 13.3. The van der Waals surface area contributed by atoms with Crippen LogP contribution in [0.1, 0.15) is 17.5 Å². The number of halogens is 1. The molecule has 19 heavy (non-hydrogen) atoms. The average molecular weight is 272 g/mol.